The van der Waals surface area contributed by atoms with Gasteiger partial charge in [0.15, 0.2) is 11.6 Å². The molecular formula is C21H14Cl2N4O4S. The van der Waals surface area contributed by atoms with Crippen LogP contribution in [0, 0.1) is 0 Å². The fourth-order valence-corrected chi connectivity index (χ4v) is 4.25. The first-order chi connectivity index (χ1) is 15.2. The van der Waals surface area contributed by atoms with Crippen molar-refractivity contribution in [3.05, 3.63) is 82.3 Å². The standard InChI is InChI=1S/C21H14Cl2N4O4S/c22-15-9-8-14(11-16(15)23)32(30,31)27-20-19(25-17-6-1-2-7-18(17)26-20)24-13-5-3-4-12(10-13)21(28)29/h1-11H,(H,24,25)(H,26,27)(H,28,29). The summed E-state index contributed by atoms with van der Waals surface area (Å²) in [5.41, 5.74) is 1.43. The molecule has 0 aliphatic heterocycles. The van der Waals surface area contributed by atoms with E-state index >= 15 is 0 Å². The van der Waals surface area contributed by atoms with E-state index in [1.807, 2.05) is 0 Å². The zero-order valence-electron chi connectivity index (χ0n) is 16.1. The lowest BCUT2D eigenvalue weighted by atomic mass is 10.2. The monoisotopic (exact) mass is 488 g/mol. The third-order valence-corrected chi connectivity index (χ3v) is 6.45. The molecule has 0 fully saturated rings. The van der Waals surface area contributed by atoms with Gasteiger partial charge in [0.2, 0.25) is 0 Å². The molecule has 4 rings (SSSR count). The van der Waals surface area contributed by atoms with Crippen molar-refractivity contribution in [3.8, 4) is 0 Å². The van der Waals surface area contributed by atoms with E-state index in [0.29, 0.717) is 16.7 Å². The highest BCUT2D eigenvalue weighted by atomic mass is 35.5. The van der Waals surface area contributed by atoms with Crippen molar-refractivity contribution < 1.29 is 18.3 Å². The fraction of sp³-hybridized carbons (Fsp3) is 0. The Balaban J connectivity index is 1.78. The molecule has 0 amide bonds. The molecule has 0 atom stereocenters. The number of carboxylic acid groups (broad SMARTS) is 1. The normalized spacial score (nSPS) is 11.3. The van der Waals surface area contributed by atoms with E-state index in [4.69, 9.17) is 23.2 Å². The molecule has 1 heterocycles. The second-order valence-corrected chi connectivity index (χ2v) is 9.10. The number of anilines is 3. The van der Waals surface area contributed by atoms with Gasteiger partial charge >= 0.3 is 5.97 Å². The van der Waals surface area contributed by atoms with Crippen molar-refractivity contribution in [1.82, 2.24) is 9.97 Å². The highest BCUT2D eigenvalue weighted by Crippen LogP contribution is 2.29. The number of aromatic carboxylic acids is 1. The molecule has 162 valence electrons. The molecule has 3 N–H and O–H groups in total. The summed E-state index contributed by atoms with van der Waals surface area (Å²) >= 11 is 11.9. The van der Waals surface area contributed by atoms with Crippen LogP contribution >= 0.6 is 23.2 Å². The van der Waals surface area contributed by atoms with Gasteiger partial charge in [0.1, 0.15) is 0 Å². The Labute approximate surface area is 192 Å². The van der Waals surface area contributed by atoms with Crippen LogP contribution in [0.3, 0.4) is 0 Å². The van der Waals surface area contributed by atoms with Crippen LogP contribution in [-0.4, -0.2) is 29.5 Å². The number of carbonyl (C=O) groups is 1. The minimum Gasteiger partial charge on any atom is -0.478 e. The summed E-state index contributed by atoms with van der Waals surface area (Å²) in [4.78, 5) is 20.0. The molecule has 0 aliphatic carbocycles. The fourth-order valence-electron chi connectivity index (χ4n) is 2.86. The summed E-state index contributed by atoms with van der Waals surface area (Å²) in [6.45, 7) is 0. The van der Waals surface area contributed by atoms with Crippen LogP contribution in [0.15, 0.2) is 71.6 Å². The highest BCUT2D eigenvalue weighted by Gasteiger charge is 2.20. The summed E-state index contributed by atoms with van der Waals surface area (Å²) in [5, 5.41) is 12.5. The predicted octanol–water partition coefficient (Wildman–Crippen LogP) is 5.18. The lowest BCUT2D eigenvalue weighted by molar-refractivity contribution is 0.0697. The van der Waals surface area contributed by atoms with Gasteiger partial charge in [0.25, 0.3) is 10.0 Å². The van der Waals surface area contributed by atoms with Crippen molar-refractivity contribution in [2.24, 2.45) is 0 Å². The number of benzene rings is 3. The molecule has 0 saturated carbocycles. The second kappa shape index (κ2) is 8.62. The predicted molar refractivity (Wildman–Crippen MR) is 123 cm³/mol. The van der Waals surface area contributed by atoms with Crippen molar-refractivity contribution in [2.75, 3.05) is 10.0 Å². The molecule has 32 heavy (non-hydrogen) atoms. The van der Waals surface area contributed by atoms with Crippen LogP contribution in [0.1, 0.15) is 10.4 Å². The van der Waals surface area contributed by atoms with E-state index in [2.05, 4.69) is 20.0 Å². The van der Waals surface area contributed by atoms with Crippen molar-refractivity contribution in [2.45, 2.75) is 4.90 Å². The molecule has 1 aromatic heterocycles. The summed E-state index contributed by atoms with van der Waals surface area (Å²) in [6.07, 6.45) is 0. The zero-order valence-corrected chi connectivity index (χ0v) is 18.4. The number of hydrogen-bond donors (Lipinski definition) is 3. The largest absolute Gasteiger partial charge is 0.478 e. The van der Waals surface area contributed by atoms with E-state index in [-0.39, 0.29) is 32.1 Å². The first-order valence-electron chi connectivity index (χ1n) is 9.08. The van der Waals surface area contributed by atoms with Crippen molar-refractivity contribution >= 4 is 67.6 Å². The molecule has 0 spiro atoms. The Hall–Kier alpha value is -3.40. The van der Waals surface area contributed by atoms with Gasteiger partial charge in [0.05, 0.1) is 31.5 Å². The van der Waals surface area contributed by atoms with Crippen LogP contribution in [0.25, 0.3) is 11.0 Å². The number of para-hydroxylation sites is 2. The average molecular weight is 489 g/mol. The van der Waals surface area contributed by atoms with E-state index in [0.717, 1.165) is 0 Å². The number of halogens is 2. The SMILES string of the molecule is O=C(O)c1cccc(Nc2nc3ccccc3nc2NS(=O)(=O)c2ccc(Cl)c(Cl)c2)c1. The number of nitrogens with one attached hydrogen (secondary N) is 2. The first-order valence-corrected chi connectivity index (χ1v) is 11.3. The number of sulfonamides is 1. The Morgan fingerprint density at radius 3 is 2.19 bits per heavy atom. The number of nitrogens with zero attached hydrogens (tertiary/aromatic N) is 2. The Morgan fingerprint density at radius 2 is 1.53 bits per heavy atom. The maximum atomic E-state index is 13.0. The van der Waals surface area contributed by atoms with Gasteiger partial charge in [-0.3, -0.25) is 4.72 Å². The number of fused-ring (bicyclic) bond motifs is 1. The van der Waals surface area contributed by atoms with Crippen LogP contribution in [0.2, 0.25) is 10.0 Å². The Bertz CT molecular complexity index is 1460. The summed E-state index contributed by atoms with van der Waals surface area (Å²) in [7, 11) is -4.09. The van der Waals surface area contributed by atoms with Crippen LogP contribution < -0.4 is 10.0 Å². The van der Waals surface area contributed by atoms with Crippen molar-refractivity contribution in [1.29, 1.82) is 0 Å². The average Bonchev–Trinajstić information content (AvgIpc) is 2.76. The van der Waals surface area contributed by atoms with Gasteiger partial charge in [0, 0.05) is 5.69 Å². The quantitative estimate of drug-likeness (QED) is 0.341. The smallest absolute Gasteiger partial charge is 0.335 e. The molecule has 8 nitrogen and oxygen atoms in total. The van der Waals surface area contributed by atoms with Crippen LogP contribution in [0.4, 0.5) is 17.3 Å². The van der Waals surface area contributed by atoms with Gasteiger partial charge in [-0.15, -0.1) is 0 Å². The summed E-state index contributed by atoms with van der Waals surface area (Å²) in [6, 6.07) is 16.9. The van der Waals surface area contributed by atoms with E-state index in [1.165, 1.54) is 30.3 Å². The minimum absolute atomic E-state index is 0.0571. The van der Waals surface area contributed by atoms with E-state index in [1.54, 1.807) is 36.4 Å². The zero-order chi connectivity index (χ0) is 22.9. The summed E-state index contributed by atoms with van der Waals surface area (Å²) in [5.74, 6) is -1.08. The maximum Gasteiger partial charge on any atom is 0.335 e. The molecule has 0 bridgehead atoms. The van der Waals surface area contributed by atoms with Crippen LogP contribution in [-0.2, 0) is 10.0 Å². The molecule has 0 saturated heterocycles. The summed E-state index contributed by atoms with van der Waals surface area (Å²) < 4.78 is 28.3. The van der Waals surface area contributed by atoms with Gasteiger partial charge in [-0.25, -0.2) is 23.2 Å². The molecule has 4 aromatic rings. The third-order valence-electron chi connectivity index (χ3n) is 4.38. The van der Waals surface area contributed by atoms with E-state index in [9.17, 15) is 18.3 Å². The van der Waals surface area contributed by atoms with E-state index < -0.39 is 16.0 Å². The highest BCUT2D eigenvalue weighted by molar-refractivity contribution is 7.92. The van der Waals surface area contributed by atoms with Gasteiger partial charge in [-0.2, -0.15) is 0 Å². The van der Waals surface area contributed by atoms with Crippen molar-refractivity contribution in [3.63, 3.8) is 0 Å². The lowest BCUT2D eigenvalue weighted by Crippen LogP contribution is -2.16. The topological polar surface area (TPSA) is 121 Å². The number of hydrogen-bond acceptors (Lipinski definition) is 6. The van der Waals surface area contributed by atoms with Gasteiger partial charge in [-0.1, -0.05) is 41.4 Å². The molecule has 0 radical (unpaired) electrons. The Kier molecular flexibility index (Phi) is 5.88. The van der Waals surface area contributed by atoms with Gasteiger partial charge in [-0.05, 0) is 48.5 Å². The maximum absolute atomic E-state index is 13.0. The molecule has 0 aliphatic rings. The molecule has 0 unspecified atom stereocenters. The molecule has 11 heteroatoms. The molecular weight excluding hydrogens is 475 g/mol. The minimum atomic E-state index is -4.09. The first kappa shape index (κ1) is 21.8. The third kappa shape index (κ3) is 4.59. The number of aromatic nitrogens is 2. The number of rotatable bonds is 6. The Morgan fingerprint density at radius 1 is 0.844 bits per heavy atom. The van der Waals surface area contributed by atoms with Crippen LogP contribution in [0.5, 0.6) is 0 Å². The second-order valence-electron chi connectivity index (χ2n) is 6.60. The molecule has 3 aromatic carbocycles. The lowest BCUT2D eigenvalue weighted by Gasteiger charge is -2.14. The van der Waals surface area contributed by atoms with Gasteiger partial charge < -0.3 is 10.4 Å². The number of carboxylic acids is 1.